The second-order valence-corrected chi connectivity index (χ2v) is 4.82. The second-order valence-electron chi connectivity index (χ2n) is 4.82. The molecule has 1 aliphatic heterocycles. The number of ketones is 1. The van der Waals surface area contributed by atoms with Gasteiger partial charge in [-0.1, -0.05) is 0 Å². The number of hydrogen-bond acceptors (Lipinski definition) is 3. The highest BCUT2D eigenvalue weighted by Gasteiger charge is 2.25. The number of aryl methyl sites for hydroxylation is 2. The summed E-state index contributed by atoms with van der Waals surface area (Å²) in [7, 11) is 1.51. The summed E-state index contributed by atoms with van der Waals surface area (Å²) in [6, 6.07) is 5.25. The molecule has 4 nitrogen and oxygen atoms in total. The molecule has 3 rings (SSSR count). The highest BCUT2D eigenvalue weighted by molar-refractivity contribution is 6.10. The van der Waals surface area contributed by atoms with Crippen LogP contribution < -0.4 is 4.74 Å². The topological polar surface area (TPSA) is 51.5 Å². The lowest BCUT2D eigenvalue weighted by Gasteiger charge is -2.10. The lowest BCUT2D eigenvalue weighted by molar-refractivity contribution is 0.103. The van der Waals surface area contributed by atoms with Gasteiger partial charge in [0.2, 0.25) is 5.78 Å². The Kier molecular flexibility index (Phi) is 2.59. The lowest BCUT2D eigenvalue weighted by Crippen LogP contribution is -2.06. The van der Waals surface area contributed by atoms with Gasteiger partial charge in [0.05, 0.1) is 12.8 Å². The summed E-state index contributed by atoms with van der Waals surface area (Å²) in [6.45, 7) is 2.66. The van der Waals surface area contributed by atoms with Gasteiger partial charge in [0, 0.05) is 23.9 Å². The Morgan fingerprint density at radius 2 is 2.16 bits per heavy atom. The zero-order valence-electron chi connectivity index (χ0n) is 10.9. The van der Waals surface area contributed by atoms with Crippen LogP contribution in [0.3, 0.4) is 0 Å². The minimum Gasteiger partial charge on any atom is -0.504 e. The van der Waals surface area contributed by atoms with Crippen molar-refractivity contribution in [3.05, 3.63) is 46.8 Å². The summed E-state index contributed by atoms with van der Waals surface area (Å²) in [5, 5.41) is 10.2. The van der Waals surface area contributed by atoms with Gasteiger partial charge in [-0.05, 0) is 37.1 Å². The summed E-state index contributed by atoms with van der Waals surface area (Å²) in [6.07, 6.45) is 2.58. The molecule has 1 aromatic heterocycles. The first kappa shape index (κ1) is 11.8. The van der Waals surface area contributed by atoms with E-state index >= 15 is 0 Å². The standard InChI is InChI=1S/C15H15NO3/c1-9-7-12-14(17)10-3-4-13(19-2)15(18)11(10)5-6-16(12)8-9/h3-4,7-8,18H,5-6H2,1-2H3. The number of hydrogen-bond donors (Lipinski definition) is 1. The molecule has 2 aromatic rings. The first-order valence-electron chi connectivity index (χ1n) is 6.22. The summed E-state index contributed by atoms with van der Waals surface area (Å²) in [5.41, 5.74) is 2.99. The normalized spacial score (nSPS) is 13.7. The lowest BCUT2D eigenvalue weighted by atomic mass is 9.99. The molecule has 0 aliphatic carbocycles. The molecule has 19 heavy (non-hydrogen) atoms. The number of aromatic hydroxyl groups is 1. The molecule has 0 atom stereocenters. The smallest absolute Gasteiger partial charge is 0.209 e. The van der Waals surface area contributed by atoms with E-state index in [2.05, 4.69) is 0 Å². The van der Waals surface area contributed by atoms with Crippen LogP contribution >= 0.6 is 0 Å². The van der Waals surface area contributed by atoms with Crippen LogP contribution in [0.15, 0.2) is 24.4 Å². The third-order valence-electron chi connectivity index (χ3n) is 3.58. The fraction of sp³-hybridized carbons (Fsp3) is 0.267. The van der Waals surface area contributed by atoms with Gasteiger partial charge < -0.3 is 14.4 Å². The van der Waals surface area contributed by atoms with Gasteiger partial charge in [-0.3, -0.25) is 4.79 Å². The quantitative estimate of drug-likeness (QED) is 0.852. The van der Waals surface area contributed by atoms with E-state index < -0.39 is 0 Å². The van der Waals surface area contributed by atoms with Gasteiger partial charge in [-0.2, -0.15) is 0 Å². The Morgan fingerprint density at radius 3 is 2.89 bits per heavy atom. The zero-order valence-corrected chi connectivity index (χ0v) is 10.9. The van der Waals surface area contributed by atoms with Gasteiger partial charge in [0.15, 0.2) is 11.5 Å². The Bertz CT molecular complexity index is 670. The Hall–Kier alpha value is -2.23. The highest BCUT2D eigenvalue weighted by Crippen LogP contribution is 2.35. The predicted octanol–water partition coefficient (Wildman–Crippen LogP) is 2.30. The average molecular weight is 257 g/mol. The molecule has 1 aliphatic rings. The number of ether oxygens (including phenoxy) is 1. The number of phenolic OH excluding ortho intramolecular Hbond substituents is 1. The molecule has 0 spiro atoms. The minimum absolute atomic E-state index is 0.0430. The third kappa shape index (κ3) is 1.71. The van der Waals surface area contributed by atoms with Crippen LogP contribution in [0.25, 0.3) is 0 Å². The van der Waals surface area contributed by atoms with Crippen molar-refractivity contribution in [3.63, 3.8) is 0 Å². The Labute approximate surface area is 111 Å². The van der Waals surface area contributed by atoms with Gasteiger partial charge in [-0.15, -0.1) is 0 Å². The largest absolute Gasteiger partial charge is 0.504 e. The molecule has 0 radical (unpaired) electrons. The predicted molar refractivity (Wildman–Crippen MR) is 71.0 cm³/mol. The molecule has 4 heteroatoms. The third-order valence-corrected chi connectivity index (χ3v) is 3.58. The maximum absolute atomic E-state index is 12.5. The van der Waals surface area contributed by atoms with Crippen molar-refractivity contribution in [1.82, 2.24) is 4.57 Å². The maximum Gasteiger partial charge on any atom is 0.209 e. The molecule has 98 valence electrons. The SMILES string of the molecule is COc1ccc2c(c1O)CCn1cc(C)cc1C2=O. The van der Waals surface area contributed by atoms with Gasteiger partial charge in [-0.25, -0.2) is 0 Å². The van der Waals surface area contributed by atoms with Crippen molar-refractivity contribution in [1.29, 1.82) is 0 Å². The van der Waals surface area contributed by atoms with Gasteiger partial charge >= 0.3 is 0 Å². The number of carbonyl (C=O) groups is 1. The number of rotatable bonds is 1. The van der Waals surface area contributed by atoms with E-state index in [4.69, 9.17) is 4.74 Å². The fourth-order valence-electron chi connectivity index (χ4n) is 2.65. The number of carbonyl (C=O) groups excluding carboxylic acids is 1. The molecule has 1 N–H and O–H groups in total. The van der Waals surface area contributed by atoms with E-state index in [1.165, 1.54) is 7.11 Å². The van der Waals surface area contributed by atoms with E-state index in [0.29, 0.717) is 35.5 Å². The van der Waals surface area contributed by atoms with Crippen molar-refractivity contribution in [3.8, 4) is 11.5 Å². The number of methoxy groups -OCH3 is 1. The summed E-state index contributed by atoms with van der Waals surface area (Å²) in [5.74, 6) is 0.448. The van der Waals surface area contributed by atoms with E-state index in [1.54, 1.807) is 12.1 Å². The molecule has 1 aromatic carbocycles. The van der Waals surface area contributed by atoms with Gasteiger partial charge in [0.25, 0.3) is 0 Å². The molecule has 0 fully saturated rings. The fourth-order valence-corrected chi connectivity index (χ4v) is 2.65. The Morgan fingerprint density at radius 1 is 1.37 bits per heavy atom. The van der Waals surface area contributed by atoms with Crippen molar-refractivity contribution in [2.24, 2.45) is 0 Å². The number of phenols is 1. The van der Waals surface area contributed by atoms with Crippen LogP contribution in [0, 0.1) is 6.92 Å². The second kappa shape index (κ2) is 4.16. The summed E-state index contributed by atoms with van der Waals surface area (Å²) in [4.78, 5) is 12.5. The summed E-state index contributed by atoms with van der Waals surface area (Å²) < 4.78 is 7.04. The van der Waals surface area contributed by atoms with Crippen LogP contribution in [0.2, 0.25) is 0 Å². The number of aromatic nitrogens is 1. The number of nitrogens with zero attached hydrogens (tertiary/aromatic N) is 1. The maximum atomic E-state index is 12.5. The number of fused-ring (bicyclic) bond motifs is 2. The van der Waals surface area contributed by atoms with E-state index in [-0.39, 0.29) is 11.5 Å². The highest BCUT2D eigenvalue weighted by atomic mass is 16.5. The molecule has 0 unspecified atom stereocenters. The van der Waals surface area contributed by atoms with Crippen LogP contribution in [0.1, 0.15) is 27.2 Å². The Balaban J connectivity index is 2.19. The van der Waals surface area contributed by atoms with Crippen LogP contribution in [0.4, 0.5) is 0 Å². The van der Waals surface area contributed by atoms with Crippen molar-refractivity contribution < 1.29 is 14.6 Å². The first-order chi connectivity index (χ1) is 9.11. The monoisotopic (exact) mass is 257 g/mol. The molecular formula is C15H15NO3. The van der Waals surface area contributed by atoms with Crippen LogP contribution in [-0.2, 0) is 13.0 Å². The van der Waals surface area contributed by atoms with E-state index in [1.807, 2.05) is 23.8 Å². The molecular weight excluding hydrogens is 242 g/mol. The summed E-state index contributed by atoms with van der Waals surface area (Å²) >= 11 is 0. The zero-order chi connectivity index (χ0) is 13.6. The van der Waals surface area contributed by atoms with E-state index in [0.717, 1.165) is 5.56 Å². The molecule has 2 heterocycles. The average Bonchev–Trinajstić information content (AvgIpc) is 2.71. The minimum atomic E-state index is -0.0430. The molecule has 0 amide bonds. The number of benzene rings is 1. The van der Waals surface area contributed by atoms with Crippen molar-refractivity contribution in [2.75, 3.05) is 7.11 Å². The van der Waals surface area contributed by atoms with Crippen LogP contribution in [0.5, 0.6) is 11.5 Å². The molecule has 0 bridgehead atoms. The first-order valence-corrected chi connectivity index (χ1v) is 6.22. The van der Waals surface area contributed by atoms with Crippen molar-refractivity contribution in [2.45, 2.75) is 19.9 Å². The molecule has 0 saturated carbocycles. The van der Waals surface area contributed by atoms with Gasteiger partial charge in [0.1, 0.15) is 0 Å². The van der Waals surface area contributed by atoms with Crippen LogP contribution in [-0.4, -0.2) is 22.6 Å². The van der Waals surface area contributed by atoms with E-state index in [9.17, 15) is 9.90 Å². The molecule has 0 saturated heterocycles. The van der Waals surface area contributed by atoms with Crippen molar-refractivity contribution >= 4 is 5.78 Å².